The van der Waals surface area contributed by atoms with E-state index >= 15 is 0 Å². The summed E-state index contributed by atoms with van der Waals surface area (Å²) in [5.41, 5.74) is 1.12. The maximum absolute atomic E-state index is 10.2. The van der Waals surface area contributed by atoms with Crippen LogP contribution in [0.15, 0.2) is 12.7 Å². The Morgan fingerprint density at radius 3 is 2.76 bits per heavy atom. The minimum absolute atomic E-state index is 0.106. The van der Waals surface area contributed by atoms with Gasteiger partial charge in [-0.3, -0.25) is 15.3 Å². The van der Waals surface area contributed by atoms with Crippen LogP contribution >= 0.6 is 0 Å². The van der Waals surface area contributed by atoms with Crippen LogP contribution in [0.5, 0.6) is 0 Å². The van der Waals surface area contributed by atoms with Gasteiger partial charge in [0.1, 0.15) is 24.6 Å². The number of hydrogen-bond acceptors (Lipinski definition) is 9. The van der Waals surface area contributed by atoms with E-state index in [4.69, 9.17) is 9.94 Å². The second-order valence-electron chi connectivity index (χ2n) is 4.95. The molecule has 0 radical (unpaired) electrons. The first-order valence-corrected chi connectivity index (χ1v) is 6.26. The minimum atomic E-state index is -1.36. The van der Waals surface area contributed by atoms with Gasteiger partial charge in [-0.05, 0) is 6.92 Å². The molecule has 0 amide bonds. The first-order chi connectivity index (χ1) is 10.0. The Morgan fingerprint density at radius 2 is 2.14 bits per heavy atom. The van der Waals surface area contributed by atoms with Crippen LogP contribution < -0.4 is 5.48 Å². The third kappa shape index (κ3) is 1.88. The molecular weight excluding hydrogens is 282 g/mol. The maximum Gasteiger partial charge on any atom is 0.181 e. The minimum Gasteiger partial charge on any atom is -0.394 e. The Morgan fingerprint density at radius 1 is 1.38 bits per heavy atom. The molecular formula is C11H15N5O5. The summed E-state index contributed by atoms with van der Waals surface area (Å²) < 4.78 is 7.00. The summed E-state index contributed by atoms with van der Waals surface area (Å²) in [5, 5.41) is 38.3. The summed E-state index contributed by atoms with van der Waals surface area (Å²) in [6, 6.07) is 0. The predicted molar refractivity (Wildman–Crippen MR) is 68.4 cm³/mol. The normalized spacial score (nSPS) is 32.7. The predicted octanol–water partition coefficient (Wildman–Crippen LogP) is -1.59. The fourth-order valence-electron chi connectivity index (χ4n) is 2.55. The molecule has 0 spiro atoms. The van der Waals surface area contributed by atoms with Crippen LogP contribution in [0.4, 0.5) is 5.82 Å². The molecule has 1 aliphatic rings. The van der Waals surface area contributed by atoms with Crippen molar-refractivity contribution in [1.29, 1.82) is 0 Å². The molecule has 21 heavy (non-hydrogen) atoms. The molecule has 1 fully saturated rings. The second-order valence-corrected chi connectivity index (χ2v) is 4.95. The van der Waals surface area contributed by atoms with Crippen LogP contribution in [0.2, 0.25) is 0 Å². The van der Waals surface area contributed by atoms with Crippen LogP contribution in [-0.4, -0.2) is 65.0 Å². The van der Waals surface area contributed by atoms with Crippen molar-refractivity contribution in [3.63, 3.8) is 0 Å². The number of imidazole rings is 1. The summed E-state index contributed by atoms with van der Waals surface area (Å²) in [7, 11) is 0. The lowest BCUT2D eigenvalue weighted by molar-refractivity contribution is -0.132. The van der Waals surface area contributed by atoms with Crippen molar-refractivity contribution in [2.75, 3.05) is 12.1 Å². The molecule has 1 saturated heterocycles. The SMILES string of the molecule is C[C@@]1(n2cnc3c(NO)ncnc32)O[C@H](CO)[C@@H](O)[C@H]1O. The lowest BCUT2D eigenvalue weighted by atomic mass is 10.0. The van der Waals surface area contributed by atoms with Gasteiger partial charge >= 0.3 is 0 Å². The third-order valence-electron chi connectivity index (χ3n) is 3.74. The standard InChI is InChI=1S/C11H15N5O5/c1-11(8(19)7(18)5(2-17)21-11)16-4-14-6-9(15-20)12-3-13-10(6)16/h3-5,7-8,17-20H,2H2,1H3,(H,12,13,15)/t5-,7-,8-,11-/m1/s1. The lowest BCUT2D eigenvalue weighted by Crippen LogP contribution is -2.43. The molecule has 0 aliphatic carbocycles. The number of aromatic nitrogens is 4. The lowest BCUT2D eigenvalue weighted by Gasteiger charge is -2.29. The highest BCUT2D eigenvalue weighted by atomic mass is 16.6. The van der Waals surface area contributed by atoms with E-state index in [1.165, 1.54) is 17.2 Å². The molecule has 4 atom stereocenters. The topological polar surface area (TPSA) is 146 Å². The Balaban J connectivity index is 2.12. The zero-order valence-electron chi connectivity index (χ0n) is 11.1. The van der Waals surface area contributed by atoms with E-state index < -0.39 is 30.6 Å². The number of rotatable bonds is 3. The summed E-state index contributed by atoms with van der Waals surface area (Å²) in [6.07, 6.45) is -0.874. The number of anilines is 1. The van der Waals surface area contributed by atoms with E-state index in [-0.39, 0.29) is 11.3 Å². The molecule has 5 N–H and O–H groups in total. The number of nitrogens with one attached hydrogen (secondary N) is 1. The fourth-order valence-corrected chi connectivity index (χ4v) is 2.55. The van der Waals surface area contributed by atoms with Crippen molar-refractivity contribution in [2.45, 2.75) is 31.0 Å². The molecule has 3 heterocycles. The zero-order chi connectivity index (χ0) is 15.2. The number of fused-ring (bicyclic) bond motifs is 1. The van der Waals surface area contributed by atoms with Gasteiger partial charge in [0.2, 0.25) is 0 Å². The first kappa shape index (κ1) is 14.1. The molecule has 114 valence electrons. The summed E-state index contributed by atoms with van der Waals surface area (Å²) in [6.45, 7) is 1.12. The summed E-state index contributed by atoms with van der Waals surface area (Å²) >= 11 is 0. The molecule has 0 unspecified atom stereocenters. The highest BCUT2D eigenvalue weighted by Crippen LogP contribution is 2.37. The number of hydrogen-bond donors (Lipinski definition) is 5. The maximum atomic E-state index is 10.2. The Kier molecular flexibility index (Phi) is 3.26. The molecule has 10 nitrogen and oxygen atoms in total. The highest BCUT2D eigenvalue weighted by molar-refractivity contribution is 5.82. The van der Waals surface area contributed by atoms with Gasteiger partial charge in [0.05, 0.1) is 12.9 Å². The van der Waals surface area contributed by atoms with Crippen molar-refractivity contribution < 1.29 is 25.3 Å². The second kappa shape index (κ2) is 4.86. The van der Waals surface area contributed by atoms with Gasteiger partial charge in [-0.15, -0.1) is 0 Å². The van der Waals surface area contributed by atoms with Crippen LogP contribution in [-0.2, 0) is 10.5 Å². The molecule has 2 aromatic rings. The van der Waals surface area contributed by atoms with Gasteiger partial charge in [-0.2, -0.15) is 0 Å². The van der Waals surface area contributed by atoms with Crippen molar-refractivity contribution >= 4 is 17.0 Å². The Bertz CT molecular complexity index is 663. The number of aliphatic hydroxyl groups excluding tert-OH is 3. The van der Waals surface area contributed by atoms with E-state index in [2.05, 4.69) is 15.0 Å². The quantitative estimate of drug-likeness (QED) is 0.423. The van der Waals surface area contributed by atoms with E-state index in [9.17, 15) is 15.3 Å². The third-order valence-corrected chi connectivity index (χ3v) is 3.74. The van der Waals surface area contributed by atoms with Gasteiger partial charge in [0.25, 0.3) is 0 Å². The van der Waals surface area contributed by atoms with Crippen LogP contribution in [0.25, 0.3) is 11.2 Å². The van der Waals surface area contributed by atoms with Crippen LogP contribution in [0, 0.1) is 0 Å². The van der Waals surface area contributed by atoms with Crippen molar-refractivity contribution in [2.24, 2.45) is 0 Å². The summed E-state index contributed by atoms with van der Waals surface area (Å²) in [5.74, 6) is 0.106. The van der Waals surface area contributed by atoms with Gasteiger partial charge in [0, 0.05) is 0 Å². The largest absolute Gasteiger partial charge is 0.394 e. The molecule has 0 aromatic carbocycles. The van der Waals surface area contributed by atoms with E-state index in [0.29, 0.717) is 5.65 Å². The van der Waals surface area contributed by atoms with E-state index in [1.807, 2.05) is 5.48 Å². The fraction of sp³-hybridized carbons (Fsp3) is 0.545. The first-order valence-electron chi connectivity index (χ1n) is 6.26. The molecule has 0 saturated carbocycles. The van der Waals surface area contributed by atoms with Crippen LogP contribution in [0.3, 0.4) is 0 Å². The Labute approximate surface area is 118 Å². The van der Waals surface area contributed by atoms with Crippen molar-refractivity contribution in [3.05, 3.63) is 12.7 Å². The van der Waals surface area contributed by atoms with Gasteiger partial charge in [-0.25, -0.2) is 15.0 Å². The van der Waals surface area contributed by atoms with Gasteiger partial charge in [-0.1, -0.05) is 0 Å². The zero-order valence-corrected chi connectivity index (χ0v) is 11.1. The number of ether oxygens (including phenoxy) is 1. The van der Waals surface area contributed by atoms with Crippen molar-refractivity contribution in [3.8, 4) is 0 Å². The summed E-state index contributed by atoms with van der Waals surface area (Å²) in [4.78, 5) is 11.9. The Hall–Kier alpha value is -1.85. The smallest absolute Gasteiger partial charge is 0.181 e. The molecule has 2 aromatic heterocycles. The van der Waals surface area contributed by atoms with E-state index in [0.717, 1.165) is 0 Å². The monoisotopic (exact) mass is 297 g/mol. The number of nitrogens with zero attached hydrogens (tertiary/aromatic N) is 4. The number of aliphatic hydroxyl groups is 3. The average Bonchev–Trinajstić information content (AvgIpc) is 3.03. The molecule has 10 heteroatoms. The molecule has 0 bridgehead atoms. The van der Waals surface area contributed by atoms with Crippen LogP contribution in [0.1, 0.15) is 6.92 Å². The van der Waals surface area contributed by atoms with Gasteiger partial charge in [0.15, 0.2) is 22.7 Å². The molecule has 3 rings (SSSR count). The average molecular weight is 297 g/mol. The van der Waals surface area contributed by atoms with Crippen molar-refractivity contribution in [1.82, 2.24) is 19.5 Å². The highest BCUT2D eigenvalue weighted by Gasteiger charge is 2.52. The molecule has 1 aliphatic heterocycles. The van der Waals surface area contributed by atoms with Gasteiger partial charge < -0.3 is 20.1 Å². The van der Waals surface area contributed by atoms with E-state index in [1.54, 1.807) is 6.92 Å².